The van der Waals surface area contributed by atoms with E-state index in [4.69, 9.17) is 4.74 Å². The summed E-state index contributed by atoms with van der Waals surface area (Å²) in [5.41, 5.74) is 4.27. The van der Waals surface area contributed by atoms with Crippen molar-refractivity contribution in [2.45, 2.75) is 0 Å². The molecule has 0 spiro atoms. The Morgan fingerprint density at radius 1 is 1.08 bits per heavy atom. The van der Waals surface area contributed by atoms with Gasteiger partial charge in [-0.25, -0.2) is 8.78 Å². The van der Waals surface area contributed by atoms with Crippen LogP contribution in [0, 0.1) is 11.6 Å². The van der Waals surface area contributed by atoms with Gasteiger partial charge in [-0.15, -0.1) is 0 Å². The summed E-state index contributed by atoms with van der Waals surface area (Å²) >= 11 is 0. The molecule has 2 aromatic carbocycles. The Kier molecular flexibility index (Phi) is 4.78. The van der Waals surface area contributed by atoms with Gasteiger partial charge in [0.15, 0.2) is 6.61 Å². The van der Waals surface area contributed by atoms with Crippen LogP contribution >= 0.6 is 0 Å². The number of hydrazine groups is 1. The molecular formula is C17H13F2N3O4. The fraction of sp³-hybridized carbons (Fsp3) is 0.118. The predicted octanol–water partition coefficient (Wildman–Crippen LogP) is 1.15. The molecule has 3 rings (SSSR count). The zero-order valence-electron chi connectivity index (χ0n) is 13.3. The molecule has 26 heavy (non-hydrogen) atoms. The Hall–Kier alpha value is -3.49. The fourth-order valence-electron chi connectivity index (χ4n) is 2.39. The van der Waals surface area contributed by atoms with Crippen molar-refractivity contribution < 1.29 is 27.9 Å². The molecule has 0 saturated carbocycles. The van der Waals surface area contributed by atoms with Crippen molar-refractivity contribution in [3.63, 3.8) is 0 Å². The molecule has 0 fully saturated rings. The van der Waals surface area contributed by atoms with Crippen LogP contribution < -0.4 is 20.5 Å². The highest BCUT2D eigenvalue weighted by Crippen LogP contribution is 2.31. The monoisotopic (exact) mass is 361 g/mol. The molecular weight excluding hydrogens is 348 g/mol. The smallest absolute Gasteiger partial charge is 0.269 e. The number of nitrogens with zero attached hydrogens (tertiary/aromatic N) is 1. The third-order valence-corrected chi connectivity index (χ3v) is 3.55. The summed E-state index contributed by atoms with van der Waals surface area (Å²) < 4.78 is 31.5. The summed E-state index contributed by atoms with van der Waals surface area (Å²) in [4.78, 5) is 37.1. The molecule has 3 amide bonds. The number of benzene rings is 2. The first-order valence-electron chi connectivity index (χ1n) is 7.51. The second-order valence-electron chi connectivity index (χ2n) is 5.40. The molecule has 0 aromatic heterocycles. The minimum Gasteiger partial charge on any atom is -0.482 e. The third-order valence-electron chi connectivity index (χ3n) is 3.55. The molecule has 7 nitrogen and oxygen atoms in total. The van der Waals surface area contributed by atoms with Gasteiger partial charge >= 0.3 is 0 Å². The average molecular weight is 361 g/mol. The largest absolute Gasteiger partial charge is 0.482 e. The molecule has 1 aliphatic heterocycles. The molecule has 0 atom stereocenters. The van der Waals surface area contributed by atoms with Crippen LogP contribution in [-0.2, 0) is 9.59 Å². The maximum Gasteiger partial charge on any atom is 0.269 e. The second kappa shape index (κ2) is 7.18. The van der Waals surface area contributed by atoms with Crippen LogP contribution in [0.5, 0.6) is 5.75 Å². The Morgan fingerprint density at radius 3 is 2.50 bits per heavy atom. The van der Waals surface area contributed by atoms with Gasteiger partial charge in [-0.05, 0) is 24.3 Å². The summed E-state index contributed by atoms with van der Waals surface area (Å²) in [5.74, 6) is -3.39. The maximum atomic E-state index is 13.1. The summed E-state index contributed by atoms with van der Waals surface area (Å²) in [5, 5.41) is 0. The highest BCUT2D eigenvalue weighted by atomic mass is 19.1. The zero-order chi connectivity index (χ0) is 18.7. The molecule has 2 N–H and O–H groups in total. The van der Waals surface area contributed by atoms with E-state index in [1.165, 1.54) is 4.90 Å². The normalized spacial score (nSPS) is 12.8. The van der Waals surface area contributed by atoms with E-state index in [0.717, 1.165) is 12.1 Å². The van der Waals surface area contributed by atoms with Gasteiger partial charge in [-0.1, -0.05) is 12.1 Å². The predicted molar refractivity (Wildman–Crippen MR) is 86.3 cm³/mol. The average Bonchev–Trinajstić information content (AvgIpc) is 2.61. The van der Waals surface area contributed by atoms with E-state index in [1.807, 2.05) is 5.43 Å². The Morgan fingerprint density at radius 2 is 1.77 bits per heavy atom. The number of para-hydroxylation sites is 2. The highest BCUT2D eigenvalue weighted by molar-refractivity contribution is 6.02. The number of fused-ring (bicyclic) bond motifs is 1. The van der Waals surface area contributed by atoms with Crippen LogP contribution in [0.25, 0.3) is 0 Å². The van der Waals surface area contributed by atoms with Gasteiger partial charge in [-0.3, -0.25) is 30.1 Å². The van der Waals surface area contributed by atoms with Gasteiger partial charge in [0.1, 0.15) is 23.9 Å². The standard InChI is InChI=1S/C17H13F2N3O4/c18-11-5-10(6-12(19)7-11)17(25)21-20-15(23)8-22-13-3-1-2-4-14(13)26-9-16(22)24/h1-7H,8-9H2,(H,20,23)(H,21,25). The lowest BCUT2D eigenvalue weighted by Gasteiger charge is -2.28. The van der Waals surface area contributed by atoms with E-state index in [9.17, 15) is 23.2 Å². The van der Waals surface area contributed by atoms with Crippen molar-refractivity contribution >= 4 is 23.4 Å². The molecule has 2 aromatic rings. The lowest BCUT2D eigenvalue weighted by molar-refractivity contribution is -0.125. The number of anilines is 1. The summed E-state index contributed by atoms with van der Waals surface area (Å²) in [6.45, 7) is -0.573. The Bertz CT molecular complexity index is 868. The van der Waals surface area contributed by atoms with Crippen molar-refractivity contribution in [1.29, 1.82) is 0 Å². The van der Waals surface area contributed by atoms with Gasteiger partial charge < -0.3 is 4.74 Å². The number of carbonyl (C=O) groups is 3. The molecule has 0 bridgehead atoms. The van der Waals surface area contributed by atoms with Crippen LogP contribution in [0.4, 0.5) is 14.5 Å². The van der Waals surface area contributed by atoms with Gasteiger partial charge in [-0.2, -0.15) is 0 Å². The molecule has 0 saturated heterocycles. The van der Waals surface area contributed by atoms with Gasteiger partial charge in [0.25, 0.3) is 17.7 Å². The van der Waals surface area contributed by atoms with E-state index in [0.29, 0.717) is 17.5 Å². The summed E-state index contributed by atoms with van der Waals surface area (Å²) in [7, 11) is 0. The number of halogens is 2. The lowest BCUT2D eigenvalue weighted by Crippen LogP contribution is -2.49. The van der Waals surface area contributed by atoms with Crippen LogP contribution in [0.3, 0.4) is 0 Å². The number of nitrogens with one attached hydrogen (secondary N) is 2. The van der Waals surface area contributed by atoms with E-state index in [-0.39, 0.29) is 18.7 Å². The van der Waals surface area contributed by atoms with E-state index in [1.54, 1.807) is 24.3 Å². The fourth-order valence-corrected chi connectivity index (χ4v) is 2.39. The molecule has 0 unspecified atom stereocenters. The third kappa shape index (κ3) is 3.77. The minimum atomic E-state index is -0.919. The quantitative estimate of drug-likeness (QED) is 0.803. The SMILES string of the molecule is O=C(CN1C(=O)COc2ccccc21)NNC(=O)c1cc(F)cc(F)c1. The van der Waals surface area contributed by atoms with E-state index < -0.39 is 29.4 Å². The van der Waals surface area contributed by atoms with Crippen LogP contribution in [0.2, 0.25) is 0 Å². The summed E-state index contributed by atoms with van der Waals surface area (Å²) in [6.07, 6.45) is 0. The Labute approximate surface area is 146 Å². The summed E-state index contributed by atoms with van der Waals surface area (Å²) in [6, 6.07) is 8.97. The first-order chi connectivity index (χ1) is 12.4. The van der Waals surface area contributed by atoms with Gasteiger partial charge in [0.2, 0.25) is 0 Å². The van der Waals surface area contributed by atoms with Crippen molar-refractivity contribution in [2.75, 3.05) is 18.1 Å². The zero-order valence-corrected chi connectivity index (χ0v) is 13.3. The van der Waals surface area contributed by atoms with E-state index in [2.05, 4.69) is 5.43 Å². The molecule has 1 aliphatic rings. The number of carbonyl (C=O) groups excluding carboxylic acids is 3. The van der Waals surface area contributed by atoms with Gasteiger partial charge in [0, 0.05) is 11.6 Å². The highest BCUT2D eigenvalue weighted by Gasteiger charge is 2.27. The number of hydrogen-bond donors (Lipinski definition) is 2. The number of rotatable bonds is 3. The minimum absolute atomic E-state index is 0.209. The number of amides is 3. The Balaban J connectivity index is 1.62. The lowest BCUT2D eigenvalue weighted by atomic mass is 10.2. The van der Waals surface area contributed by atoms with E-state index >= 15 is 0 Å². The van der Waals surface area contributed by atoms with Crippen LogP contribution in [-0.4, -0.2) is 30.9 Å². The molecule has 9 heteroatoms. The first-order valence-corrected chi connectivity index (χ1v) is 7.51. The van der Waals surface area contributed by atoms with Crippen molar-refractivity contribution in [3.8, 4) is 5.75 Å². The van der Waals surface area contributed by atoms with Crippen LogP contribution in [0.1, 0.15) is 10.4 Å². The number of ether oxygens (including phenoxy) is 1. The molecule has 0 aliphatic carbocycles. The molecule has 1 heterocycles. The maximum absolute atomic E-state index is 13.1. The second-order valence-corrected chi connectivity index (χ2v) is 5.40. The van der Waals surface area contributed by atoms with Crippen molar-refractivity contribution in [2.24, 2.45) is 0 Å². The topological polar surface area (TPSA) is 87.7 Å². The molecule has 0 radical (unpaired) electrons. The first kappa shape index (κ1) is 17.3. The van der Waals surface area contributed by atoms with Crippen molar-refractivity contribution in [1.82, 2.24) is 10.9 Å². The van der Waals surface area contributed by atoms with Gasteiger partial charge in [0.05, 0.1) is 5.69 Å². The number of hydrogen-bond acceptors (Lipinski definition) is 4. The van der Waals surface area contributed by atoms with Crippen molar-refractivity contribution in [3.05, 3.63) is 59.7 Å². The van der Waals surface area contributed by atoms with Crippen LogP contribution in [0.15, 0.2) is 42.5 Å². The molecule has 134 valence electrons.